The van der Waals surface area contributed by atoms with Crippen LogP contribution in [-0.4, -0.2) is 40.8 Å². The number of halogens is 2. The largest absolute Gasteiger partial charge is 0.378 e. The predicted octanol–water partition coefficient (Wildman–Crippen LogP) is 4.18. The summed E-state index contributed by atoms with van der Waals surface area (Å²) in [6.07, 6.45) is 5.43. The van der Waals surface area contributed by atoms with Crippen LogP contribution in [0.4, 0.5) is 10.1 Å². The number of hydrogen-bond acceptors (Lipinski definition) is 4. The third kappa shape index (κ3) is 3.88. The molecule has 4 heterocycles. The Labute approximate surface area is 186 Å². The maximum atomic E-state index is 14.3. The predicted molar refractivity (Wildman–Crippen MR) is 122 cm³/mol. The lowest BCUT2D eigenvalue weighted by Crippen LogP contribution is -2.36. The summed E-state index contributed by atoms with van der Waals surface area (Å²) in [7, 11) is 0. The molecule has 0 bridgehead atoms. The van der Waals surface area contributed by atoms with Crippen molar-refractivity contribution in [1.29, 1.82) is 0 Å². The molecule has 0 spiro atoms. The molecule has 31 heavy (non-hydrogen) atoms. The summed E-state index contributed by atoms with van der Waals surface area (Å²) in [5, 5.41) is 0.958. The van der Waals surface area contributed by atoms with Crippen LogP contribution in [0.2, 0.25) is 0 Å². The summed E-state index contributed by atoms with van der Waals surface area (Å²) in [5.74, 6) is -0.350. The van der Waals surface area contributed by atoms with Gasteiger partial charge in [0.15, 0.2) is 0 Å². The number of benzene rings is 1. The second kappa shape index (κ2) is 8.28. The van der Waals surface area contributed by atoms with Gasteiger partial charge in [0.05, 0.1) is 36.1 Å². The second-order valence-corrected chi connectivity index (χ2v) is 8.34. The maximum absolute atomic E-state index is 14.3. The summed E-state index contributed by atoms with van der Waals surface area (Å²) in [6, 6.07) is 10.6. The third-order valence-electron chi connectivity index (χ3n) is 5.57. The number of rotatable bonds is 4. The van der Waals surface area contributed by atoms with Gasteiger partial charge in [-0.25, -0.2) is 9.37 Å². The number of nitrogens with one attached hydrogen (secondary N) is 1. The van der Waals surface area contributed by atoms with Gasteiger partial charge >= 0.3 is 0 Å². The van der Waals surface area contributed by atoms with Crippen molar-refractivity contribution < 1.29 is 9.13 Å². The maximum Gasteiger partial charge on any atom is 0.251 e. The van der Waals surface area contributed by atoms with E-state index in [1.165, 1.54) is 4.57 Å². The quantitative estimate of drug-likeness (QED) is 0.473. The third-order valence-corrected chi connectivity index (χ3v) is 6.18. The highest BCUT2D eigenvalue weighted by Gasteiger charge is 2.15. The molecule has 0 unspecified atom stereocenters. The van der Waals surface area contributed by atoms with E-state index in [0.717, 1.165) is 40.9 Å². The Kier molecular flexibility index (Phi) is 5.33. The fourth-order valence-corrected chi connectivity index (χ4v) is 4.29. The van der Waals surface area contributed by atoms with Crippen LogP contribution < -0.4 is 10.5 Å². The topological polar surface area (TPSA) is 63.1 Å². The van der Waals surface area contributed by atoms with Crippen LogP contribution in [0.1, 0.15) is 5.56 Å². The zero-order valence-electron chi connectivity index (χ0n) is 16.6. The number of fused-ring (bicyclic) bond motifs is 1. The second-order valence-electron chi connectivity index (χ2n) is 7.49. The van der Waals surface area contributed by atoms with Gasteiger partial charge in [0, 0.05) is 48.1 Å². The minimum Gasteiger partial charge on any atom is -0.378 e. The first-order valence-electron chi connectivity index (χ1n) is 10.0. The Hall–Kier alpha value is -2.97. The van der Waals surface area contributed by atoms with Crippen LogP contribution in [0, 0.1) is 5.82 Å². The lowest BCUT2D eigenvalue weighted by Gasteiger charge is -2.28. The molecular formula is C23H20BrFN4O2. The molecular weight excluding hydrogens is 463 g/mol. The van der Waals surface area contributed by atoms with E-state index in [2.05, 4.69) is 36.9 Å². The zero-order chi connectivity index (χ0) is 21.4. The fourth-order valence-electron chi connectivity index (χ4n) is 3.89. The lowest BCUT2D eigenvalue weighted by molar-refractivity contribution is 0.122. The van der Waals surface area contributed by atoms with Crippen molar-refractivity contribution in [3.05, 3.63) is 81.2 Å². The molecule has 4 aromatic rings. The van der Waals surface area contributed by atoms with Crippen molar-refractivity contribution >= 4 is 32.7 Å². The summed E-state index contributed by atoms with van der Waals surface area (Å²) in [5.41, 5.74) is 3.78. The van der Waals surface area contributed by atoms with Crippen LogP contribution in [-0.2, 0) is 11.3 Å². The van der Waals surface area contributed by atoms with Crippen molar-refractivity contribution in [3.63, 3.8) is 0 Å². The molecule has 158 valence electrons. The molecule has 0 amide bonds. The smallest absolute Gasteiger partial charge is 0.251 e. The molecule has 0 saturated carbocycles. The molecule has 0 aliphatic carbocycles. The first-order valence-corrected chi connectivity index (χ1v) is 10.8. The van der Waals surface area contributed by atoms with Gasteiger partial charge in [-0.3, -0.25) is 4.79 Å². The van der Waals surface area contributed by atoms with Gasteiger partial charge in [-0.1, -0.05) is 12.1 Å². The van der Waals surface area contributed by atoms with E-state index >= 15 is 0 Å². The van der Waals surface area contributed by atoms with Crippen LogP contribution in [0.3, 0.4) is 0 Å². The molecule has 8 heteroatoms. The Morgan fingerprint density at radius 1 is 1.19 bits per heavy atom. The van der Waals surface area contributed by atoms with Crippen molar-refractivity contribution in [1.82, 2.24) is 14.5 Å². The Balaban J connectivity index is 1.48. The van der Waals surface area contributed by atoms with Gasteiger partial charge in [-0.2, -0.15) is 0 Å². The Morgan fingerprint density at radius 2 is 2.03 bits per heavy atom. The SMILES string of the molecule is O=c1cc(-c2c[nH]c3ncc(N4CCOCC4)cc23)ccn1Cc1cccc(Br)c1F. The molecule has 1 aliphatic heterocycles. The van der Waals surface area contributed by atoms with Gasteiger partial charge < -0.3 is 19.2 Å². The summed E-state index contributed by atoms with van der Waals surface area (Å²) in [4.78, 5) is 22.7. The molecule has 3 aromatic heterocycles. The van der Waals surface area contributed by atoms with E-state index in [1.54, 1.807) is 30.5 Å². The molecule has 1 fully saturated rings. The van der Waals surface area contributed by atoms with Crippen molar-refractivity contribution in [2.45, 2.75) is 6.54 Å². The average Bonchev–Trinajstić information content (AvgIpc) is 3.22. The number of aromatic nitrogens is 3. The van der Waals surface area contributed by atoms with E-state index in [9.17, 15) is 9.18 Å². The standard InChI is InChI=1S/C23H20BrFN4O2/c24-20-3-1-2-16(22(20)25)14-29-5-4-15(10-21(29)30)19-13-27-23-18(19)11-17(12-26-23)28-6-8-31-9-7-28/h1-5,10-13H,6-9,14H2,(H,26,27). The summed E-state index contributed by atoms with van der Waals surface area (Å²) < 4.78 is 21.6. The van der Waals surface area contributed by atoms with E-state index < -0.39 is 0 Å². The van der Waals surface area contributed by atoms with Crippen LogP contribution >= 0.6 is 15.9 Å². The first kappa shape index (κ1) is 20.0. The number of nitrogens with zero attached hydrogens (tertiary/aromatic N) is 3. The summed E-state index contributed by atoms with van der Waals surface area (Å²) in [6.45, 7) is 3.23. The number of hydrogen-bond donors (Lipinski definition) is 1. The molecule has 5 rings (SSSR count). The number of ether oxygens (including phenoxy) is 1. The first-order chi connectivity index (χ1) is 15.1. The monoisotopic (exact) mass is 482 g/mol. The van der Waals surface area contributed by atoms with Crippen molar-refractivity contribution in [2.75, 3.05) is 31.2 Å². The van der Waals surface area contributed by atoms with Crippen LogP contribution in [0.5, 0.6) is 0 Å². The minimum absolute atomic E-state index is 0.168. The zero-order valence-corrected chi connectivity index (χ0v) is 18.2. The molecule has 0 radical (unpaired) electrons. The molecule has 1 saturated heterocycles. The van der Waals surface area contributed by atoms with E-state index in [4.69, 9.17) is 4.74 Å². The number of pyridine rings is 2. The van der Waals surface area contributed by atoms with Crippen LogP contribution in [0.15, 0.2) is 64.3 Å². The lowest BCUT2D eigenvalue weighted by atomic mass is 10.1. The highest BCUT2D eigenvalue weighted by molar-refractivity contribution is 9.10. The number of morpholine rings is 1. The van der Waals surface area contributed by atoms with Gasteiger partial charge in [0.2, 0.25) is 0 Å². The molecule has 1 N–H and O–H groups in total. The Bertz CT molecular complexity index is 1310. The number of anilines is 1. The minimum atomic E-state index is -0.350. The van der Waals surface area contributed by atoms with E-state index in [0.29, 0.717) is 23.2 Å². The van der Waals surface area contributed by atoms with E-state index in [-0.39, 0.29) is 17.9 Å². The molecule has 1 aliphatic rings. The van der Waals surface area contributed by atoms with E-state index in [1.807, 2.05) is 18.5 Å². The molecule has 1 aromatic carbocycles. The fraction of sp³-hybridized carbons (Fsp3) is 0.217. The van der Waals surface area contributed by atoms with Crippen molar-refractivity contribution in [2.24, 2.45) is 0 Å². The van der Waals surface area contributed by atoms with Crippen molar-refractivity contribution in [3.8, 4) is 11.1 Å². The number of H-pyrrole nitrogens is 1. The van der Waals surface area contributed by atoms with Gasteiger partial charge in [-0.15, -0.1) is 0 Å². The molecule has 0 atom stereocenters. The van der Waals surface area contributed by atoms with Gasteiger partial charge in [-0.05, 0) is 39.7 Å². The highest BCUT2D eigenvalue weighted by Crippen LogP contribution is 2.30. The Morgan fingerprint density at radius 3 is 2.84 bits per heavy atom. The average molecular weight is 483 g/mol. The normalized spacial score (nSPS) is 14.3. The van der Waals surface area contributed by atoms with Crippen LogP contribution in [0.25, 0.3) is 22.2 Å². The summed E-state index contributed by atoms with van der Waals surface area (Å²) >= 11 is 3.19. The highest BCUT2D eigenvalue weighted by atomic mass is 79.9. The van der Waals surface area contributed by atoms with Gasteiger partial charge in [0.1, 0.15) is 11.5 Å². The molecule has 6 nitrogen and oxygen atoms in total. The number of aromatic amines is 1. The van der Waals surface area contributed by atoms with Gasteiger partial charge in [0.25, 0.3) is 5.56 Å².